The Morgan fingerprint density at radius 1 is 1.40 bits per heavy atom. The molecule has 0 amide bonds. The first-order valence-corrected chi connectivity index (χ1v) is 7.42. The molecule has 108 valence electrons. The first kappa shape index (κ1) is 14.8. The Bertz CT molecular complexity index is 595. The first-order chi connectivity index (χ1) is 9.51. The van der Waals surface area contributed by atoms with Crippen LogP contribution in [-0.2, 0) is 6.54 Å². The molecule has 2 rings (SSSR count). The van der Waals surface area contributed by atoms with E-state index in [1.165, 1.54) is 4.88 Å². The second-order valence-corrected chi connectivity index (χ2v) is 6.08. The van der Waals surface area contributed by atoms with Crippen molar-refractivity contribution < 1.29 is 4.74 Å². The lowest BCUT2D eigenvalue weighted by atomic mass is 10.1. The van der Waals surface area contributed by atoms with Gasteiger partial charge in [0.05, 0.1) is 17.8 Å². The Balaban J connectivity index is 2.03. The van der Waals surface area contributed by atoms with Gasteiger partial charge in [0.15, 0.2) is 0 Å². The molecule has 0 spiro atoms. The van der Waals surface area contributed by atoms with Gasteiger partial charge in [-0.05, 0) is 32.4 Å². The lowest BCUT2D eigenvalue weighted by Gasteiger charge is -2.14. The quantitative estimate of drug-likeness (QED) is 0.831. The first-order valence-electron chi connectivity index (χ1n) is 6.61. The molecule has 1 aromatic heterocycles. The average Bonchev–Trinajstić information content (AvgIpc) is 2.76. The van der Waals surface area contributed by atoms with E-state index in [1.54, 1.807) is 18.4 Å². The summed E-state index contributed by atoms with van der Waals surface area (Å²) in [6, 6.07) is 6.05. The zero-order valence-electron chi connectivity index (χ0n) is 12.4. The second kappa shape index (κ2) is 6.24. The minimum Gasteiger partial charge on any atom is -0.497 e. The van der Waals surface area contributed by atoms with Gasteiger partial charge in [0, 0.05) is 29.2 Å². The number of aryl methyl sites for hydroxylation is 2. The molecule has 20 heavy (non-hydrogen) atoms. The second-order valence-electron chi connectivity index (χ2n) is 4.85. The van der Waals surface area contributed by atoms with Gasteiger partial charge in [-0.3, -0.25) is 0 Å². The summed E-state index contributed by atoms with van der Waals surface area (Å²) < 4.78 is 5.16. The zero-order chi connectivity index (χ0) is 14.7. The van der Waals surface area contributed by atoms with Crippen LogP contribution in [0, 0.1) is 13.8 Å². The summed E-state index contributed by atoms with van der Waals surface area (Å²) in [7, 11) is 1.64. The molecule has 0 aliphatic rings. The molecule has 4 nitrogen and oxygen atoms in total. The van der Waals surface area contributed by atoms with Crippen LogP contribution in [0.1, 0.15) is 34.1 Å². The Labute approximate surface area is 124 Å². The summed E-state index contributed by atoms with van der Waals surface area (Å²) in [4.78, 5) is 5.75. The van der Waals surface area contributed by atoms with Crippen molar-refractivity contribution in [1.29, 1.82) is 0 Å². The molecule has 2 aromatic rings. The SMILES string of the molecule is COc1ccc(CNC(C)c2sc(C)nc2C)c(N)c1. The topological polar surface area (TPSA) is 60.2 Å². The van der Waals surface area contributed by atoms with Crippen LogP contribution >= 0.6 is 11.3 Å². The van der Waals surface area contributed by atoms with Crippen LogP contribution in [0.25, 0.3) is 0 Å². The highest BCUT2D eigenvalue weighted by Crippen LogP contribution is 2.25. The minimum atomic E-state index is 0.266. The maximum atomic E-state index is 6.03. The molecule has 1 unspecified atom stereocenters. The summed E-state index contributed by atoms with van der Waals surface area (Å²) >= 11 is 1.74. The van der Waals surface area contributed by atoms with Crippen molar-refractivity contribution >= 4 is 17.0 Å². The fourth-order valence-electron chi connectivity index (χ4n) is 2.17. The lowest BCUT2D eigenvalue weighted by molar-refractivity contribution is 0.415. The average molecular weight is 291 g/mol. The van der Waals surface area contributed by atoms with Gasteiger partial charge in [0.25, 0.3) is 0 Å². The number of ether oxygens (including phenoxy) is 1. The predicted octanol–water partition coefficient (Wildman–Crippen LogP) is 3.20. The molecule has 1 heterocycles. The lowest BCUT2D eigenvalue weighted by Crippen LogP contribution is -2.18. The number of nitrogens with zero attached hydrogens (tertiary/aromatic N) is 1. The minimum absolute atomic E-state index is 0.266. The largest absolute Gasteiger partial charge is 0.497 e. The van der Waals surface area contributed by atoms with E-state index in [-0.39, 0.29) is 6.04 Å². The van der Waals surface area contributed by atoms with Crippen LogP contribution in [0.3, 0.4) is 0 Å². The van der Waals surface area contributed by atoms with E-state index in [1.807, 2.05) is 25.1 Å². The standard InChI is InChI=1S/C15H21N3OS/c1-9(15-10(2)18-11(3)20-15)17-8-12-5-6-13(19-4)7-14(12)16/h5-7,9,17H,8,16H2,1-4H3. The van der Waals surface area contributed by atoms with Crippen LogP contribution in [0.15, 0.2) is 18.2 Å². The monoisotopic (exact) mass is 291 g/mol. The number of hydrogen-bond acceptors (Lipinski definition) is 5. The molecule has 0 aliphatic carbocycles. The van der Waals surface area contributed by atoms with Gasteiger partial charge < -0.3 is 15.8 Å². The summed E-state index contributed by atoms with van der Waals surface area (Å²) in [5.41, 5.74) is 8.96. The smallest absolute Gasteiger partial charge is 0.120 e. The number of nitrogens with one attached hydrogen (secondary N) is 1. The van der Waals surface area contributed by atoms with E-state index < -0.39 is 0 Å². The molecule has 5 heteroatoms. The number of rotatable bonds is 5. The van der Waals surface area contributed by atoms with E-state index in [0.29, 0.717) is 0 Å². The van der Waals surface area contributed by atoms with E-state index in [9.17, 15) is 0 Å². The normalized spacial score (nSPS) is 12.4. The number of benzene rings is 1. The summed E-state index contributed by atoms with van der Waals surface area (Å²) in [6.45, 7) is 6.97. The van der Waals surface area contributed by atoms with Crippen LogP contribution in [0.5, 0.6) is 5.75 Å². The molecular formula is C15H21N3OS. The van der Waals surface area contributed by atoms with E-state index in [2.05, 4.69) is 24.1 Å². The van der Waals surface area contributed by atoms with Gasteiger partial charge in [-0.15, -0.1) is 11.3 Å². The van der Waals surface area contributed by atoms with Crippen molar-refractivity contribution in [2.75, 3.05) is 12.8 Å². The van der Waals surface area contributed by atoms with Crippen molar-refractivity contribution in [1.82, 2.24) is 10.3 Å². The molecule has 1 aromatic carbocycles. The van der Waals surface area contributed by atoms with Crippen LogP contribution in [-0.4, -0.2) is 12.1 Å². The number of aromatic nitrogens is 1. The number of thiazole rings is 1. The van der Waals surface area contributed by atoms with Gasteiger partial charge in [0.1, 0.15) is 5.75 Å². The van der Waals surface area contributed by atoms with Crippen molar-refractivity contribution in [3.05, 3.63) is 39.3 Å². The Hall–Kier alpha value is -1.59. The Morgan fingerprint density at radius 3 is 2.70 bits per heavy atom. The molecule has 0 bridgehead atoms. The predicted molar refractivity (Wildman–Crippen MR) is 84.2 cm³/mol. The number of hydrogen-bond donors (Lipinski definition) is 2. The van der Waals surface area contributed by atoms with Gasteiger partial charge in [-0.2, -0.15) is 0 Å². The Morgan fingerprint density at radius 2 is 2.15 bits per heavy atom. The fraction of sp³-hybridized carbons (Fsp3) is 0.400. The third-order valence-electron chi connectivity index (χ3n) is 3.28. The van der Waals surface area contributed by atoms with Gasteiger partial charge in [0.2, 0.25) is 0 Å². The van der Waals surface area contributed by atoms with Gasteiger partial charge >= 0.3 is 0 Å². The molecule has 3 N–H and O–H groups in total. The van der Waals surface area contributed by atoms with Gasteiger partial charge in [-0.1, -0.05) is 6.07 Å². The molecule has 0 radical (unpaired) electrons. The highest BCUT2D eigenvalue weighted by molar-refractivity contribution is 7.11. The number of nitrogen functional groups attached to an aromatic ring is 1. The van der Waals surface area contributed by atoms with Crippen LogP contribution < -0.4 is 15.8 Å². The molecule has 0 aliphatic heterocycles. The van der Waals surface area contributed by atoms with E-state index in [0.717, 1.165) is 34.2 Å². The third kappa shape index (κ3) is 3.29. The van der Waals surface area contributed by atoms with E-state index >= 15 is 0 Å². The molecule has 0 saturated heterocycles. The maximum Gasteiger partial charge on any atom is 0.120 e. The molecule has 1 atom stereocenters. The van der Waals surface area contributed by atoms with Gasteiger partial charge in [-0.25, -0.2) is 4.98 Å². The Kier molecular flexibility index (Phi) is 4.62. The van der Waals surface area contributed by atoms with Crippen molar-refractivity contribution in [3.63, 3.8) is 0 Å². The summed E-state index contributed by atoms with van der Waals surface area (Å²) in [5, 5.41) is 4.60. The number of methoxy groups -OCH3 is 1. The number of anilines is 1. The molecule has 0 fully saturated rings. The summed E-state index contributed by atoms with van der Waals surface area (Å²) in [5.74, 6) is 0.785. The summed E-state index contributed by atoms with van der Waals surface area (Å²) in [6.07, 6.45) is 0. The highest BCUT2D eigenvalue weighted by atomic mass is 32.1. The van der Waals surface area contributed by atoms with Crippen LogP contribution in [0.4, 0.5) is 5.69 Å². The maximum absolute atomic E-state index is 6.03. The van der Waals surface area contributed by atoms with E-state index in [4.69, 9.17) is 10.5 Å². The van der Waals surface area contributed by atoms with Crippen molar-refractivity contribution in [2.24, 2.45) is 0 Å². The third-order valence-corrected chi connectivity index (χ3v) is 4.54. The molecular weight excluding hydrogens is 270 g/mol. The zero-order valence-corrected chi connectivity index (χ0v) is 13.2. The van der Waals surface area contributed by atoms with Crippen LogP contribution in [0.2, 0.25) is 0 Å². The van der Waals surface area contributed by atoms with Crippen molar-refractivity contribution in [2.45, 2.75) is 33.4 Å². The fourth-order valence-corrected chi connectivity index (χ4v) is 3.12. The highest BCUT2D eigenvalue weighted by Gasteiger charge is 2.13. The van der Waals surface area contributed by atoms with Crippen molar-refractivity contribution in [3.8, 4) is 5.75 Å². The number of nitrogens with two attached hydrogens (primary N) is 1. The molecule has 0 saturated carbocycles.